The van der Waals surface area contributed by atoms with Crippen LogP contribution in [0.3, 0.4) is 0 Å². The highest BCUT2D eigenvalue weighted by molar-refractivity contribution is 5.83. The van der Waals surface area contributed by atoms with Crippen molar-refractivity contribution in [3.05, 3.63) is 0 Å². The lowest BCUT2D eigenvalue weighted by atomic mass is 9.96. The normalized spacial score (nSPS) is 23.4. The fourth-order valence-corrected chi connectivity index (χ4v) is 2.29. The zero-order valence-corrected chi connectivity index (χ0v) is 12.2. The summed E-state index contributed by atoms with van der Waals surface area (Å²) in [5, 5.41) is 20.0. The van der Waals surface area contributed by atoms with Gasteiger partial charge in [0.15, 0.2) is 0 Å². The average Bonchev–Trinajstić information content (AvgIpc) is 2.43. The maximum atomic E-state index is 12.1. The highest BCUT2D eigenvalue weighted by atomic mass is 16.5. The molecular formula is C13H22N2O6. The van der Waals surface area contributed by atoms with Gasteiger partial charge < -0.3 is 25.2 Å². The second kappa shape index (κ2) is 7.82. The van der Waals surface area contributed by atoms with Crippen LogP contribution >= 0.6 is 0 Å². The molecule has 0 spiro atoms. The molecule has 120 valence electrons. The third kappa shape index (κ3) is 5.22. The smallest absolute Gasteiger partial charge is 0.326 e. The van der Waals surface area contributed by atoms with Gasteiger partial charge in [-0.25, -0.2) is 9.59 Å². The largest absolute Gasteiger partial charge is 0.481 e. The Morgan fingerprint density at radius 1 is 1.38 bits per heavy atom. The molecular weight excluding hydrogens is 280 g/mol. The molecule has 0 aromatic carbocycles. The lowest BCUT2D eigenvalue weighted by molar-refractivity contribution is -0.140. The molecule has 1 rings (SSSR count). The van der Waals surface area contributed by atoms with Gasteiger partial charge in [-0.3, -0.25) is 4.79 Å². The number of hydrogen-bond donors (Lipinski definition) is 3. The van der Waals surface area contributed by atoms with Gasteiger partial charge in [0, 0.05) is 26.6 Å². The third-order valence-corrected chi connectivity index (χ3v) is 3.72. The van der Waals surface area contributed by atoms with Crippen LogP contribution in [0.25, 0.3) is 0 Å². The van der Waals surface area contributed by atoms with Gasteiger partial charge in [-0.15, -0.1) is 0 Å². The SMILES string of the molecule is COC1CN(C(=O)N[C@@H](CCC(=O)O)C(=O)O)CCC1C. The van der Waals surface area contributed by atoms with E-state index in [1.165, 1.54) is 4.90 Å². The number of carboxylic acids is 2. The molecule has 1 aliphatic heterocycles. The highest BCUT2D eigenvalue weighted by Crippen LogP contribution is 2.19. The first kappa shape index (κ1) is 17.2. The lowest BCUT2D eigenvalue weighted by Gasteiger charge is -2.36. The predicted molar refractivity (Wildman–Crippen MR) is 73.0 cm³/mol. The Kier molecular flexibility index (Phi) is 6.41. The zero-order chi connectivity index (χ0) is 16.0. The number of nitrogens with one attached hydrogen (secondary N) is 1. The number of methoxy groups -OCH3 is 1. The Bertz CT molecular complexity index is 400. The lowest BCUT2D eigenvalue weighted by Crippen LogP contribution is -2.53. The fraction of sp³-hybridized carbons (Fsp3) is 0.769. The van der Waals surface area contributed by atoms with Crippen LogP contribution in [-0.4, -0.2) is 65.4 Å². The minimum Gasteiger partial charge on any atom is -0.481 e. The van der Waals surface area contributed by atoms with E-state index in [9.17, 15) is 14.4 Å². The van der Waals surface area contributed by atoms with Crippen LogP contribution in [0.1, 0.15) is 26.2 Å². The van der Waals surface area contributed by atoms with Crippen molar-refractivity contribution in [3.8, 4) is 0 Å². The van der Waals surface area contributed by atoms with Gasteiger partial charge in [-0.2, -0.15) is 0 Å². The molecule has 1 aliphatic rings. The van der Waals surface area contributed by atoms with E-state index in [1.54, 1.807) is 7.11 Å². The van der Waals surface area contributed by atoms with Gasteiger partial charge in [0.1, 0.15) is 6.04 Å². The fourth-order valence-electron chi connectivity index (χ4n) is 2.29. The number of piperidine rings is 1. The molecule has 0 saturated carbocycles. The van der Waals surface area contributed by atoms with Crippen molar-refractivity contribution in [1.82, 2.24) is 10.2 Å². The van der Waals surface area contributed by atoms with Crippen molar-refractivity contribution < 1.29 is 29.3 Å². The van der Waals surface area contributed by atoms with Gasteiger partial charge >= 0.3 is 18.0 Å². The molecule has 1 fully saturated rings. The number of hydrogen-bond acceptors (Lipinski definition) is 4. The Morgan fingerprint density at radius 3 is 2.57 bits per heavy atom. The van der Waals surface area contributed by atoms with E-state index < -0.39 is 24.0 Å². The summed E-state index contributed by atoms with van der Waals surface area (Å²) in [4.78, 5) is 35.1. The molecule has 1 saturated heterocycles. The van der Waals surface area contributed by atoms with Crippen molar-refractivity contribution in [1.29, 1.82) is 0 Å². The number of ether oxygens (including phenoxy) is 1. The van der Waals surface area contributed by atoms with Crippen LogP contribution < -0.4 is 5.32 Å². The van der Waals surface area contributed by atoms with E-state index in [1.807, 2.05) is 6.92 Å². The van der Waals surface area contributed by atoms with Gasteiger partial charge in [0.2, 0.25) is 0 Å². The first-order valence-electron chi connectivity index (χ1n) is 6.88. The first-order chi connectivity index (χ1) is 9.85. The molecule has 0 bridgehead atoms. The highest BCUT2D eigenvalue weighted by Gasteiger charge is 2.30. The van der Waals surface area contributed by atoms with Crippen molar-refractivity contribution >= 4 is 18.0 Å². The number of carbonyl (C=O) groups excluding carboxylic acids is 1. The summed E-state index contributed by atoms with van der Waals surface area (Å²) in [7, 11) is 1.58. The summed E-state index contributed by atoms with van der Waals surface area (Å²) in [6.07, 6.45) is 0.245. The van der Waals surface area contributed by atoms with E-state index >= 15 is 0 Å². The second-order valence-corrected chi connectivity index (χ2v) is 5.26. The predicted octanol–water partition coefficient (Wildman–Crippen LogP) is 0.371. The van der Waals surface area contributed by atoms with E-state index in [2.05, 4.69) is 5.32 Å². The van der Waals surface area contributed by atoms with E-state index in [4.69, 9.17) is 14.9 Å². The molecule has 8 nitrogen and oxygen atoms in total. The van der Waals surface area contributed by atoms with Crippen LogP contribution in [0.2, 0.25) is 0 Å². The summed E-state index contributed by atoms with van der Waals surface area (Å²) in [5.74, 6) is -2.00. The standard InChI is InChI=1S/C13H22N2O6/c1-8-5-6-15(7-10(8)21-2)13(20)14-9(12(18)19)3-4-11(16)17/h8-10H,3-7H2,1-2H3,(H,14,20)(H,16,17)(H,18,19)/t8?,9-,10?/m0/s1. The molecule has 0 aliphatic carbocycles. The minimum absolute atomic E-state index is 0.0770. The minimum atomic E-state index is -1.24. The molecule has 21 heavy (non-hydrogen) atoms. The average molecular weight is 302 g/mol. The van der Waals surface area contributed by atoms with E-state index in [0.29, 0.717) is 19.0 Å². The summed E-state index contributed by atoms with van der Waals surface area (Å²) in [5.41, 5.74) is 0. The number of likely N-dealkylation sites (tertiary alicyclic amines) is 1. The zero-order valence-electron chi connectivity index (χ0n) is 12.2. The number of nitrogens with zero attached hydrogens (tertiary/aromatic N) is 1. The van der Waals surface area contributed by atoms with Crippen LogP contribution in [0.4, 0.5) is 4.79 Å². The summed E-state index contributed by atoms with van der Waals surface area (Å²) in [6, 6.07) is -1.70. The number of amides is 2. The molecule has 2 unspecified atom stereocenters. The number of urea groups is 1. The number of carbonyl (C=O) groups is 3. The Hall–Kier alpha value is -1.83. The maximum absolute atomic E-state index is 12.1. The van der Waals surface area contributed by atoms with Gasteiger partial charge in [-0.1, -0.05) is 6.92 Å². The monoisotopic (exact) mass is 302 g/mol. The van der Waals surface area contributed by atoms with Gasteiger partial charge in [0.25, 0.3) is 0 Å². The van der Waals surface area contributed by atoms with E-state index in [0.717, 1.165) is 6.42 Å². The topological polar surface area (TPSA) is 116 Å². The molecule has 0 aromatic heterocycles. The van der Waals surface area contributed by atoms with Crippen LogP contribution in [-0.2, 0) is 14.3 Å². The van der Waals surface area contributed by atoms with Crippen molar-refractivity contribution in [2.75, 3.05) is 20.2 Å². The summed E-state index contributed by atoms with van der Waals surface area (Å²) in [6.45, 7) is 2.96. The quantitative estimate of drug-likeness (QED) is 0.653. The van der Waals surface area contributed by atoms with E-state index in [-0.39, 0.29) is 18.9 Å². The number of aliphatic carboxylic acids is 2. The molecule has 3 N–H and O–H groups in total. The molecule has 1 heterocycles. The second-order valence-electron chi connectivity index (χ2n) is 5.26. The van der Waals surface area contributed by atoms with Crippen LogP contribution in [0, 0.1) is 5.92 Å². The van der Waals surface area contributed by atoms with Gasteiger partial charge in [0.05, 0.1) is 6.10 Å². The van der Waals surface area contributed by atoms with Crippen molar-refractivity contribution in [2.24, 2.45) is 5.92 Å². The first-order valence-corrected chi connectivity index (χ1v) is 6.88. The molecule has 2 amide bonds. The Morgan fingerprint density at radius 2 is 2.05 bits per heavy atom. The molecule has 0 aromatic rings. The Labute approximate surface area is 123 Å². The van der Waals surface area contributed by atoms with Crippen LogP contribution in [0.5, 0.6) is 0 Å². The van der Waals surface area contributed by atoms with Crippen LogP contribution in [0.15, 0.2) is 0 Å². The Balaban J connectivity index is 2.56. The number of carboxylic acid groups (broad SMARTS) is 2. The summed E-state index contributed by atoms with van der Waals surface area (Å²) >= 11 is 0. The maximum Gasteiger partial charge on any atom is 0.326 e. The van der Waals surface area contributed by atoms with Crippen molar-refractivity contribution in [2.45, 2.75) is 38.3 Å². The summed E-state index contributed by atoms with van der Waals surface area (Å²) < 4.78 is 5.30. The molecule has 0 radical (unpaired) electrons. The number of rotatable bonds is 6. The third-order valence-electron chi connectivity index (χ3n) is 3.72. The molecule has 8 heteroatoms. The van der Waals surface area contributed by atoms with Crippen molar-refractivity contribution in [3.63, 3.8) is 0 Å². The van der Waals surface area contributed by atoms with Gasteiger partial charge in [-0.05, 0) is 18.8 Å². The molecule has 3 atom stereocenters.